The lowest BCUT2D eigenvalue weighted by Crippen LogP contribution is -2.42. The fourth-order valence-corrected chi connectivity index (χ4v) is 5.40. The molecule has 0 spiro atoms. The second-order valence-corrected chi connectivity index (χ2v) is 10.2. The molecule has 2 aliphatic heterocycles. The first kappa shape index (κ1) is 24.7. The van der Waals surface area contributed by atoms with Gasteiger partial charge in [-0.15, -0.1) is 0 Å². The van der Waals surface area contributed by atoms with Crippen molar-refractivity contribution in [2.45, 2.75) is 58.7 Å². The number of nitrogens with zero attached hydrogens (tertiary/aromatic N) is 4. The van der Waals surface area contributed by atoms with Crippen molar-refractivity contribution in [2.75, 3.05) is 17.2 Å². The number of hydrogen-bond acceptors (Lipinski definition) is 6. The number of anilines is 2. The van der Waals surface area contributed by atoms with Crippen LogP contribution in [-0.4, -0.2) is 39.4 Å². The zero-order valence-electron chi connectivity index (χ0n) is 21.6. The first-order chi connectivity index (χ1) is 17.9. The van der Waals surface area contributed by atoms with Crippen molar-refractivity contribution in [2.24, 2.45) is 0 Å². The van der Waals surface area contributed by atoms with Crippen LogP contribution >= 0.6 is 0 Å². The Morgan fingerprint density at radius 3 is 2.65 bits per heavy atom. The molecule has 0 unspecified atom stereocenters. The zero-order chi connectivity index (χ0) is 25.9. The topological polar surface area (TPSA) is 93.9 Å². The molecule has 0 bridgehead atoms. The molecule has 188 valence electrons. The van der Waals surface area contributed by atoms with Crippen LogP contribution in [0, 0.1) is 11.3 Å². The number of rotatable bonds is 5. The monoisotopic (exact) mass is 492 g/mol. The third-order valence-corrected chi connectivity index (χ3v) is 7.49. The highest BCUT2D eigenvalue weighted by molar-refractivity contribution is 6.27. The second kappa shape index (κ2) is 10.5. The maximum atomic E-state index is 13.4. The number of carbonyl (C=O) groups excluding carboxylic acids is 1. The Balaban J connectivity index is 1.42. The normalized spacial score (nSPS) is 19.5. The molecule has 4 heterocycles. The molecule has 2 aliphatic rings. The highest BCUT2D eigenvalue weighted by atomic mass is 16.1. The van der Waals surface area contributed by atoms with Crippen LogP contribution in [-0.2, 0) is 11.3 Å². The molecule has 1 saturated heterocycles. The van der Waals surface area contributed by atoms with Gasteiger partial charge in [-0.2, -0.15) is 5.26 Å². The number of fused-ring (bicyclic) bond motifs is 1. The molecule has 3 aromatic rings. The van der Waals surface area contributed by atoms with Crippen molar-refractivity contribution < 1.29 is 4.79 Å². The van der Waals surface area contributed by atoms with Crippen LogP contribution in [0.3, 0.4) is 0 Å². The van der Waals surface area contributed by atoms with Crippen LogP contribution in [0.1, 0.15) is 56.9 Å². The number of nitriles is 1. The summed E-state index contributed by atoms with van der Waals surface area (Å²) >= 11 is 0. The summed E-state index contributed by atoms with van der Waals surface area (Å²) < 4.78 is 0. The van der Waals surface area contributed by atoms with Crippen molar-refractivity contribution >= 4 is 22.9 Å². The van der Waals surface area contributed by atoms with Gasteiger partial charge in [0.1, 0.15) is 11.8 Å². The molecule has 2 N–H and O–H groups in total. The molecule has 7 heteroatoms. The van der Waals surface area contributed by atoms with Crippen molar-refractivity contribution in [3.05, 3.63) is 77.4 Å². The van der Waals surface area contributed by atoms with E-state index < -0.39 is 0 Å². The van der Waals surface area contributed by atoms with E-state index in [0.29, 0.717) is 35.6 Å². The second-order valence-electron chi connectivity index (χ2n) is 10.2. The van der Waals surface area contributed by atoms with E-state index >= 15 is 0 Å². The van der Waals surface area contributed by atoms with E-state index in [-0.39, 0.29) is 5.91 Å². The Kier molecular flexibility index (Phi) is 7.02. The lowest BCUT2D eigenvalue weighted by molar-refractivity contribution is -0.111. The quantitative estimate of drug-likeness (QED) is 0.480. The lowest BCUT2D eigenvalue weighted by atomic mass is 9.91. The summed E-state index contributed by atoms with van der Waals surface area (Å²) in [6, 6.07) is 14.8. The molecule has 1 aromatic carbocycles. The van der Waals surface area contributed by atoms with E-state index in [1.807, 2.05) is 31.5 Å². The first-order valence-corrected chi connectivity index (χ1v) is 12.9. The first-order valence-electron chi connectivity index (χ1n) is 12.9. The average Bonchev–Trinajstić information content (AvgIpc) is 2.91. The third-order valence-electron chi connectivity index (χ3n) is 7.49. The largest absolute Gasteiger partial charge is 0.381 e. The molecular formula is C30H32N6O. The smallest absolute Gasteiger partial charge is 0.256 e. The number of carbonyl (C=O) groups is 1. The van der Waals surface area contributed by atoms with E-state index in [2.05, 4.69) is 57.5 Å². The Morgan fingerprint density at radius 2 is 1.92 bits per heavy atom. The molecule has 1 fully saturated rings. The van der Waals surface area contributed by atoms with E-state index in [4.69, 9.17) is 5.26 Å². The van der Waals surface area contributed by atoms with Crippen LogP contribution < -0.4 is 10.6 Å². The number of benzene rings is 1. The van der Waals surface area contributed by atoms with E-state index in [9.17, 15) is 4.79 Å². The SMILES string of the molecule is CC1=C(C(=O)Nc2ccc(C#N)nc2)c2cc(-c3cncc(CN4[C@H](C)CCC[C@@H]4C)c3)ccc2NC1. The van der Waals surface area contributed by atoms with Gasteiger partial charge in [0.25, 0.3) is 5.91 Å². The van der Waals surface area contributed by atoms with Gasteiger partial charge in [-0.25, -0.2) is 4.98 Å². The fourth-order valence-electron chi connectivity index (χ4n) is 5.40. The lowest BCUT2D eigenvalue weighted by Gasteiger charge is -2.39. The molecule has 1 amide bonds. The molecular weight excluding hydrogens is 460 g/mol. The highest BCUT2D eigenvalue weighted by Crippen LogP contribution is 2.35. The summed E-state index contributed by atoms with van der Waals surface area (Å²) in [6.07, 6.45) is 9.14. The van der Waals surface area contributed by atoms with E-state index in [1.54, 1.807) is 12.1 Å². The standard InChI is InChI=1S/C30H32N6O/c1-19-14-34-28-10-7-23(12-27(28)29(19)30(37)35-26-9-8-25(13-31)33-17-26)24-11-22(15-32-16-24)18-36-20(2)5-4-6-21(36)3/h7-12,15-17,20-21,34H,4-6,14,18H2,1-3H3,(H,35,37)/t20-,21+. The van der Waals surface area contributed by atoms with Gasteiger partial charge in [0.15, 0.2) is 0 Å². The van der Waals surface area contributed by atoms with Crippen molar-refractivity contribution in [1.29, 1.82) is 5.26 Å². The van der Waals surface area contributed by atoms with Crippen molar-refractivity contribution in [3.63, 3.8) is 0 Å². The van der Waals surface area contributed by atoms with Crippen molar-refractivity contribution in [3.8, 4) is 17.2 Å². The average molecular weight is 493 g/mol. The zero-order valence-corrected chi connectivity index (χ0v) is 21.6. The molecule has 0 saturated carbocycles. The number of pyridine rings is 2. The number of piperidine rings is 1. The molecule has 2 atom stereocenters. The molecule has 0 aliphatic carbocycles. The summed E-state index contributed by atoms with van der Waals surface area (Å²) in [5, 5.41) is 15.3. The molecule has 2 aromatic heterocycles. The summed E-state index contributed by atoms with van der Waals surface area (Å²) in [4.78, 5) is 24.6. The van der Waals surface area contributed by atoms with Crippen LogP contribution in [0.25, 0.3) is 16.7 Å². The summed E-state index contributed by atoms with van der Waals surface area (Å²) in [7, 11) is 0. The van der Waals surface area contributed by atoms with Gasteiger partial charge in [-0.1, -0.05) is 12.5 Å². The maximum absolute atomic E-state index is 13.4. The van der Waals surface area contributed by atoms with Gasteiger partial charge in [-0.3, -0.25) is 14.7 Å². The number of nitrogens with one attached hydrogen (secondary N) is 2. The highest BCUT2D eigenvalue weighted by Gasteiger charge is 2.25. The Morgan fingerprint density at radius 1 is 1.11 bits per heavy atom. The van der Waals surface area contributed by atoms with Gasteiger partial charge in [-0.05, 0) is 80.6 Å². The summed E-state index contributed by atoms with van der Waals surface area (Å²) in [5.74, 6) is -0.191. The third kappa shape index (κ3) is 5.25. The van der Waals surface area contributed by atoms with Crippen LogP contribution in [0.15, 0.2) is 60.6 Å². The van der Waals surface area contributed by atoms with Crippen LogP contribution in [0.2, 0.25) is 0 Å². The number of hydrogen-bond donors (Lipinski definition) is 2. The number of likely N-dealkylation sites (tertiary alicyclic amines) is 1. The van der Waals surface area contributed by atoms with Gasteiger partial charge < -0.3 is 10.6 Å². The molecule has 5 rings (SSSR count). The number of aromatic nitrogens is 2. The van der Waals surface area contributed by atoms with Gasteiger partial charge in [0.2, 0.25) is 0 Å². The number of amides is 1. The van der Waals surface area contributed by atoms with E-state index in [0.717, 1.165) is 34.5 Å². The van der Waals surface area contributed by atoms with Gasteiger partial charge >= 0.3 is 0 Å². The molecule has 7 nitrogen and oxygen atoms in total. The maximum Gasteiger partial charge on any atom is 0.256 e. The Bertz CT molecular complexity index is 1380. The minimum Gasteiger partial charge on any atom is -0.381 e. The van der Waals surface area contributed by atoms with Crippen LogP contribution in [0.5, 0.6) is 0 Å². The van der Waals surface area contributed by atoms with Crippen LogP contribution in [0.4, 0.5) is 11.4 Å². The fraction of sp³-hybridized carbons (Fsp3) is 0.333. The summed E-state index contributed by atoms with van der Waals surface area (Å²) in [6.45, 7) is 8.10. The minimum absolute atomic E-state index is 0.191. The molecule has 37 heavy (non-hydrogen) atoms. The Hall–Kier alpha value is -4.02. The predicted octanol–water partition coefficient (Wildman–Crippen LogP) is 5.62. The molecule has 0 radical (unpaired) electrons. The minimum atomic E-state index is -0.191. The van der Waals surface area contributed by atoms with Gasteiger partial charge in [0, 0.05) is 60.0 Å². The Labute approximate surface area is 218 Å². The van der Waals surface area contributed by atoms with E-state index in [1.165, 1.54) is 31.0 Å². The summed E-state index contributed by atoms with van der Waals surface area (Å²) in [5.41, 5.74) is 7.53. The van der Waals surface area contributed by atoms with Gasteiger partial charge in [0.05, 0.1) is 11.9 Å². The predicted molar refractivity (Wildman–Crippen MR) is 147 cm³/mol. The van der Waals surface area contributed by atoms with Crippen molar-refractivity contribution in [1.82, 2.24) is 14.9 Å².